The monoisotopic (exact) mass is 421 g/mol. The molecule has 2 heterocycles. The van der Waals surface area contributed by atoms with Crippen molar-refractivity contribution in [3.05, 3.63) is 60.3 Å². The molecule has 1 saturated heterocycles. The standard InChI is InChI=1S/C22H23N3O2.C2H4O2/c1-2-23-21(26)20-7-4-12-25(20)22(27)18-6-3-5-16(13-18)17-9-8-15-10-11-24-19(15)14-17;1-2(3)4/h3,5-6,8-11,13-14,20,24H,2,4,7,12H2,1H3,(H,23,26);1H3,(H,3,4)/t20-;/m0./s1. The maximum absolute atomic E-state index is 13.1. The Balaban J connectivity index is 0.000000628. The van der Waals surface area contributed by atoms with E-state index >= 15 is 0 Å². The molecule has 1 atom stereocenters. The van der Waals surface area contributed by atoms with Crippen molar-refractivity contribution in [3.8, 4) is 11.1 Å². The van der Waals surface area contributed by atoms with Crippen LogP contribution in [0.3, 0.4) is 0 Å². The molecule has 0 aliphatic carbocycles. The van der Waals surface area contributed by atoms with Gasteiger partial charge in [-0.2, -0.15) is 0 Å². The van der Waals surface area contributed by atoms with Crippen LogP contribution in [0, 0.1) is 0 Å². The van der Waals surface area contributed by atoms with Crippen molar-refractivity contribution in [2.45, 2.75) is 32.7 Å². The largest absolute Gasteiger partial charge is 0.481 e. The molecule has 31 heavy (non-hydrogen) atoms. The second-order valence-corrected chi connectivity index (χ2v) is 7.43. The molecule has 3 aromatic rings. The maximum Gasteiger partial charge on any atom is 0.300 e. The number of amides is 2. The van der Waals surface area contributed by atoms with E-state index in [1.165, 1.54) is 0 Å². The highest BCUT2D eigenvalue weighted by Gasteiger charge is 2.34. The number of carboxylic acids is 1. The first-order chi connectivity index (χ1) is 14.9. The van der Waals surface area contributed by atoms with Gasteiger partial charge in [-0.15, -0.1) is 0 Å². The normalized spacial score (nSPS) is 15.3. The second kappa shape index (κ2) is 9.93. The number of rotatable bonds is 4. The minimum absolute atomic E-state index is 0.0586. The van der Waals surface area contributed by atoms with Crippen LogP contribution in [-0.2, 0) is 9.59 Å². The fourth-order valence-electron chi connectivity index (χ4n) is 3.80. The van der Waals surface area contributed by atoms with E-state index in [4.69, 9.17) is 9.90 Å². The Hall–Kier alpha value is -3.61. The van der Waals surface area contributed by atoms with E-state index in [2.05, 4.69) is 28.5 Å². The number of benzene rings is 2. The van der Waals surface area contributed by atoms with E-state index < -0.39 is 5.97 Å². The predicted molar refractivity (Wildman–Crippen MR) is 120 cm³/mol. The third-order valence-corrected chi connectivity index (χ3v) is 5.17. The number of carbonyl (C=O) groups is 3. The van der Waals surface area contributed by atoms with Crippen molar-refractivity contribution in [2.24, 2.45) is 0 Å². The van der Waals surface area contributed by atoms with Crippen LogP contribution in [0.2, 0.25) is 0 Å². The second-order valence-electron chi connectivity index (χ2n) is 7.43. The summed E-state index contributed by atoms with van der Waals surface area (Å²) >= 11 is 0. The van der Waals surface area contributed by atoms with Gasteiger partial charge in [-0.1, -0.05) is 24.3 Å². The average Bonchev–Trinajstić information content (AvgIpc) is 3.42. The van der Waals surface area contributed by atoms with Gasteiger partial charge in [-0.3, -0.25) is 14.4 Å². The summed E-state index contributed by atoms with van der Waals surface area (Å²) in [6, 6.07) is 15.5. The summed E-state index contributed by atoms with van der Waals surface area (Å²) < 4.78 is 0. The van der Waals surface area contributed by atoms with Gasteiger partial charge >= 0.3 is 0 Å². The lowest BCUT2D eigenvalue weighted by molar-refractivity contribution is -0.134. The van der Waals surface area contributed by atoms with E-state index in [1.54, 1.807) is 4.90 Å². The molecule has 162 valence electrons. The maximum atomic E-state index is 13.1. The first-order valence-electron chi connectivity index (χ1n) is 10.4. The fraction of sp³-hybridized carbons (Fsp3) is 0.292. The van der Waals surface area contributed by atoms with Crippen molar-refractivity contribution in [1.82, 2.24) is 15.2 Å². The molecule has 7 heteroatoms. The van der Waals surface area contributed by atoms with Crippen LogP contribution in [0.5, 0.6) is 0 Å². The number of carbonyl (C=O) groups excluding carboxylic acids is 2. The number of aromatic amines is 1. The molecule has 1 fully saturated rings. The Morgan fingerprint density at radius 3 is 2.61 bits per heavy atom. The SMILES string of the molecule is CC(=O)O.CCNC(=O)[C@@H]1CCCN1C(=O)c1cccc(-c2ccc3cc[nH]c3c2)c1. The Morgan fingerprint density at radius 2 is 1.87 bits per heavy atom. The van der Waals surface area contributed by atoms with Crippen molar-refractivity contribution >= 4 is 28.7 Å². The zero-order valence-corrected chi connectivity index (χ0v) is 17.7. The number of nitrogens with one attached hydrogen (secondary N) is 2. The molecule has 3 N–H and O–H groups in total. The molecule has 1 aliphatic rings. The van der Waals surface area contributed by atoms with Crippen molar-refractivity contribution in [1.29, 1.82) is 0 Å². The number of aliphatic carboxylic acids is 1. The number of aromatic nitrogens is 1. The number of hydrogen-bond acceptors (Lipinski definition) is 3. The molecule has 1 aliphatic heterocycles. The molecule has 0 bridgehead atoms. The first kappa shape index (κ1) is 22.1. The van der Waals surface area contributed by atoms with Gasteiger partial charge in [0.25, 0.3) is 11.9 Å². The summed E-state index contributed by atoms with van der Waals surface area (Å²) in [5.41, 5.74) is 3.74. The van der Waals surface area contributed by atoms with E-state index in [9.17, 15) is 9.59 Å². The Morgan fingerprint density at radius 1 is 1.13 bits per heavy atom. The third-order valence-electron chi connectivity index (χ3n) is 5.17. The number of H-pyrrole nitrogens is 1. The smallest absolute Gasteiger partial charge is 0.300 e. The lowest BCUT2D eigenvalue weighted by Gasteiger charge is -2.24. The fourth-order valence-corrected chi connectivity index (χ4v) is 3.80. The number of likely N-dealkylation sites (N-methyl/N-ethyl adjacent to an activating group) is 1. The predicted octanol–water partition coefficient (Wildman–Crippen LogP) is 3.67. The number of fused-ring (bicyclic) bond motifs is 1. The van der Waals surface area contributed by atoms with Gasteiger partial charge in [0, 0.05) is 37.3 Å². The summed E-state index contributed by atoms with van der Waals surface area (Å²) in [6.07, 6.45) is 3.50. The van der Waals surface area contributed by atoms with Crippen LogP contribution < -0.4 is 5.32 Å². The topological polar surface area (TPSA) is 102 Å². The van der Waals surface area contributed by atoms with E-state index in [1.807, 2.05) is 43.5 Å². The number of likely N-dealkylation sites (tertiary alicyclic amines) is 1. The summed E-state index contributed by atoms with van der Waals surface area (Å²) in [5, 5.41) is 11.4. The highest BCUT2D eigenvalue weighted by Crippen LogP contribution is 2.26. The molecule has 0 spiro atoms. The number of carboxylic acid groups (broad SMARTS) is 1. The molecule has 2 aromatic carbocycles. The zero-order chi connectivity index (χ0) is 22.4. The molecule has 4 rings (SSSR count). The molecular weight excluding hydrogens is 394 g/mol. The van der Waals surface area contributed by atoms with Gasteiger partial charge in [0.05, 0.1) is 0 Å². The molecule has 0 saturated carbocycles. The highest BCUT2D eigenvalue weighted by molar-refractivity contribution is 5.99. The van der Waals surface area contributed by atoms with E-state index in [0.717, 1.165) is 41.8 Å². The lowest BCUT2D eigenvalue weighted by Crippen LogP contribution is -2.45. The van der Waals surface area contributed by atoms with Crippen LogP contribution in [-0.4, -0.2) is 51.9 Å². The van der Waals surface area contributed by atoms with Crippen LogP contribution in [0.4, 0.5) is 0 Å². The van der Waals surface area contributed by atoms with Crippen LogP contribution in [0.15, 0.2) is 54.7 Å². The first-order valence-corrected chi connectivity index (χ1v) is 10.4. The third kappa shape index (κ3) is 5.31. The van der Waals surface area contributed by atoms with Gasteiger partial charge in [-0.05, 0) is 60.5 Å². The van der Waals surface area contributed by atoms with Gasteiger partial charge in [0.2, 0.25) is 5.91 Å². The minimum Gasteiger partial charge on any atom is -0.481 e. The zero-order valence-electron chi connectivity index (χ0n) is 17.7. The number of nitrogens with zero attached hydrogens (tertiary/aromatic N) is 1. The summed E-state index contributed by atoms with van der Waals surface area (Å²) in [7, 11) is 0. The lowest BCUT2D eigenvalue weighted by atomic mass is 10.0. The Kier molecular flexibility index (Phi) is 7.07. The van der Waals surface area contributed by atoms with Gasteiger partial charge in [-0.25, -0.2) is 0 Å². The van der Waals surface area contributed by atoms with E-state index in [0.29, 0.717) is 18.7 Å². The van der Waals surface area contributed by atoms with Crippen LogP contribution in [0.1, 0.15) is 37.0 Å². The molecular formula is C24H27N3O4. The van der Waals surface area contributed by atoms with Crippen molar-refractivity contribution in [3.63, 3.8) is 0 Å². The molecule has 0 unspecified atom stereocenters. The number of hydrogen-bond donors (Lipinski definition) is 3. The van der Waals surface area contributed by atoms with E-state index in [-0.39, 0.29) is 17.9 Å². The van der Waals surface area contributed by atoms with Crippen molar-refractivity contribution < 1.29 is 19.5 Å². The van der Waals surface area contributed by atoms with Crippen molar-refractivity contribution in [2.75, 3.05) is 13.1 Å². The van der Waals surface area contributed by atoms with Crippen LogP contribution >= 0.6 is 0 Å². The molecule has 2 amide bonds. The van der Waals surface area contributed by atoms with Gasteiger partial charge in [0.1, 0.15) is 6.04 Å². The summed E-state index contributed by atoms with van der Waals surface area (Å²) in [5.74, 6) is -0.969. The summed E-state index contributed by atoms with van der Waals surface area (Å²) in [6.45, 7) is 4.18. The Bertz CT molecular complexity index is 1090. The van der Waals surface area contributed by atoms with Crippen LogP contribution in [0.25, 0.3) is 22.0 Å². The quantitative estimate of drug-likeness (QED) is 0.598. The average molecular weight is 421 g/mol. The van der Waals surface area contributed by atoms with Gasteiger partial charge in [0.15, 0.2) is 0 Å². The highest BCUT2D eigenvalue weighted by atomic mass is 16.4. The molecule has 1 aromatic heterocycles. The minimum atomic E-state index is -0.833. The Labute approximate surface area is 181 Å². The van der Waals surface area contributed by atoms with Gasteiger partial charge < -0.3 is 20.3 Å². The molecule has 7 nitrogen and oxygen atoms in total. The summed E-state index contributed by atoms with van der Waals surface area (Å²) in [4.78, 5) is 39.3. The molecule has 0 radical (unpaired) electrons.